The molecular weight excluding hydrogens is 268 g/mol. The summed E-state index contributed by atoms with van der Waals surface area (Å²) in [7, 11) is 1.66. The van der Waals surface area contributed by atoms with Gasteiger partial charge >= 0.3 is 6.03 Å². The summed E-state index contributed by atoms with van der Waals surface area (Å²) in [6.45, 7) is 2.13. The minimum absolute atomic E-state index is 0.0617. The summed E-state index contributed by atoms with van der Waals surface area (Å²) in [5, 5.41) is 16.1. The van der Waals surface area contributed by atoms with Crippen molar-refractivity contribution in [3.05, 3.63) is 48.3 Å². The Morgan fingerprint density at radius 2 is 2.19 bits per heavy atom. The topological polar surface area (TPSA) is 70.4 Å². The zero-order valence-corrected chi connectivity index (χ0v) is 12.2. The minimum Gasteiger partial charge on any atom is -0.394 e. The summed E-state index contributed by atoms with van der Waals surface area (Å²) in [4.78, 5) is 13.5. The van der Waals surface area contributed by atoms with E-state index in [-0.39, 0.29) is 18.7 Å². The summed E-state index contributed by atoms with van der Waals surface area (Å²) in [6.07, 6.45) is 3.58. The highest BCUT2D eigenvalue weighted by atomic mass is 16.3. The molecule has 0 fully saturated rings. The minimum atomic E-state index is -0.216. The molecule has 0 bridgehead atoms. The predicted molar refractivity (Wildman–Crippen MR) is 80.1 cm³/mol. The summed E-state index contributed by atoms with van der Waals surface area (Å²) in [6, 6.07) is 9.18. The summed E-state index contributed by atoms with van der Waals surface area (Å²) in [5.74, 6) is 0. The highest BCUT2D eigenvalue weighted by Gasteiger charge is 2.14. The van der Waals surface area contributed by atoms with Gasteiger partial charge in [0.15, 0.2) is 0 Å². The number of nitrogens with zero attached hydrogens (tertiary/aromatic N) is 3. The van der Waals surface area contributed by atoms with Gasteiger partial charge in [0, 0.05) is 26.0 Å². The number of aromatic nitrogens is 2. The first-order valence-corrected chi connectivity index (χ1v) is 6.83. The normalized spacial score (nSPS) is 12.0. The van der Waals surface area contributed by atoms with E-state index in [1.165, 1.54) is 4.90 Å². The quantitative estimate of drug-likeness (QED) is 0.873. The molecule has 0 saturated heterocycles. The highest BCUT2D eigenvalue weighted by Crippen LogP contribution is 2.13. The molecule has 1 unspecified atom stereocenters. The van der Waals surface area contributed by atoms with E-state index in [1.54, 1.807) is 24.9 Å². The predicted octanol–water partition coefficient (Wildman–Crippen LogP) is 1.39. The Morgan fingerprint density at radius 3 is 2.86 bits per heavy atom. The van der Waals surface area contributed by atoms with Crippen LogP contribution in [0.15, 0.2) is 42.7 Å². The number of carbonyl (C=O) groups excluding carboxylic acids is 1. The van der Waals surface area contributed by atoms with Crippen molar-refractivity contribution in [3.8, 4) is 5.69 Å². The third kappa shape index (κ3) is 3.61. The van der Waals surface area contributed by atoms with Gasteiger partial charge in [-0.15, -0.1) is 0 Å². The third-order valence-electron chi connectivity index (χ3n) is 3.42. The van der Waals surface area contributed by atoms with Gasteiger partial charge in [-0.2, -0.15) is 5.10 Å². The molecule has 2 rings (SSSR count). The number of benzene rings is 1. The van der Waals surface area contributed by atoms with E-state index >= 15 is 0 Å². The average molecular weight is 288 g/mol. The van der Waals surface area contributed by atoms with Crippen molar-refractivity contribution in [2.24, 2.45) is 0 Å². The number of hydrogen-bond acceptors (Lipinski definition) is 3. The third-order valence-corrected chi connectivity index (χ3v) is 3.42. The van der Waals surface area contributed by atoms with Crippen LogP contribution in [0, 0.1) is 0 Å². The first-order valence-electron chi connectivity index (χ1n) is 6.83. The zero-order valence-electron chi connectivity index (χ0n) is 12.2. The molecule has 0 radical (unpaired) electrons. The maximum atomic E-state index is 12.0. The van der Waals surface area contributed by atoms with Gasteiger partial charge in [0.05, 0.1) is 18.3 Å². The van der Waals surface area contributed by atoms with Gasteiger partial charge in [-0.1, -0.05) is 18.2 Å². The Balaban J connectivity index is 2.06. The zero-order chi connectivity index (χ0) is 15.2. The van der Waals surface area contributed by atoms with Crippen LogP contribution in [0.25, 0.3) is 5.69 Å². The molecule has 112 valence electrons. The van der Waals surface area contributed by atoms with Crippen molar-refractivity contribution in [1.82, 2.24) is 20.0 Å². The lowest BCUT2D eigenvalue weighted by atomic mass is 10.2. The van der Waals surface area contributed by atoms with Gasteiger partial charge < -0.3 is 15.3 Å². The number of rotatable bonds is 5. The number of aliphatic hydroxyl groups excluding tert-OH is 1. The van der Waals surface area contributed by atoms with E-state index in [1.807, 2.05) is 36.5 Å². The standard InChI is InChI=1S/C15H20N4O2/c1-12(11-20)18(2)15(21)16-10-13-6-3-4-7-14(13)19-9-5-8-17-19/h3-9,12,20H,10-11H2,1-2H3,(H,16,21). The second-order valence-electron chi connectivity index (χ2n) is 4.88. The van der Waals surface area contributed by atoms with Crippen LogP contribution in [0.3, 0.4) is 0 Å². The number of aliphatic hydroxyl groups is 1. The van der Waals surface area contributed by atoms with Gasteiger partial charge in [-0.3, -0.25) is 0 Å². The van der Waals surface area contributed by atoms with Crippen LogP contribution in [-0.2, 0) is 6.54 Å². The van der Waals surface area contributed by atoms with Gasteiger partial charge in [-0.25, -0.2) is 9.48 Å². The Morgan fingerprint density at radius 1 is 1.43 bits per heavy atom. The molecule has 1 atom stereocenters. The van der Waals surface area contributed by atoms with Crippen molar-refractivity contribution in [3.63, 3.8) is 0 Å². The lowest BCUT2D eigenvalue weighted by Crippen LogP contribution is -2.43. The van der Waals surface area contributed by atoms with Crippen LogP contribution >= 0.6 is 0 Å². The molecule has 21 heavy (non-hydrogen) atoms. The molecule has 1 aromatic heterocycles. The SMILES string of the molecule is CC(CO)N(C)C(=O)NCc1ccccc1-n1cccn1. The smallest absolute Gasteiger partial charge is 0.317 e. The van der Waals surface area contributed by atoms with Gasteiger partial charge in [0.2, 0.25) is 0 Å². The second-order valence-corrected chi connectivity index (χ2v) is 4.88. The Bertz CT molecular complexity index is 583. The second kappa shape index (κ2) is 6.90. The van der Waals surface area contributed by atoms with E-state index in [0.29, 0.717) is 6.54 Å². The molecule has 2 aromatic rings. The van der Waals surface area contributed by atoms with E-state index in [4.69, 9.17) is 5.11 Å². The fraction of sp³-hybridized carbons (Fsp3) is 0.333. The van der Waals surface area contributed by atoms with Crippen molar-refractivity contribution in [2.45, 2.75) is 19.5 Å². The lowest BCUT2D eigenvalue weighted by molar-refractivity contribution is 0.157. The van der Waals surface area contributed by atoms with Crippen LogP contribution < -0.4 is 5.32 Å². The number of hydrogen-bond donors (Lipinski definition) is 2. The number of amides is 2. The maximum absolute atomic E-state index is 12.0. The lowest BCUT2D eigenvalue weighted by Gasteiger charge is -2.23. The number of urea groups is 1. The molecule has 0 aliphatic rings. The Hall–Kier alpha value is -2.34. The van der Waals surface area contributed by atoms with Crippen molar-refractivity contribution >= 4 is 6.03 Å². The van der Waals surface area contributed by atoms with E-state index < -0.39 is 0 Å². The largest absolute Gasteiger partial charge is 0.394 e. The average Bonchev–Trinajstić information content (AvgIpc) is 3.05. The van der Waals surface area contributed by atoms with Crippen molar-refractivity contribution in [1.29, 1.82) is 0 Å². The number of para-hydroxylation sites is 1. The molecular formula is C15H20N4O2. The van der Waals surface area contributed by atoms with E-state index in [9.17, 15) is 4.79 Å². The summed E-state index contributed by atoms with van der Waals surface area (Å²) >= 11 is 0. The number of carbonyl (C=O) groups is 1. The highest BCUT2D eigenvalue weighted by molar-refractivity contribution is 5.74. The Labute approximate surface area is 124 Å². The number of nitrogens with one attached hydrogen (secondary N) is 1. The molecule has 0 spiro atoms. The molecule has 1 aromatic carbocycles. The van der Waals surface area contributed by atoms with E-state index in [0.717, 1.165) is 11.3 Å². The fourth-order valence-corrected chi connectivity index (χ4v) is 1.91. The molecule has 1 heterocycles. The molecule has 0 aliphatic heterocycles. The molecule has 0 aliphatic carbocycles. The Kier molecular flexibility index (Phi) is 4.94. The molecule has 2 N–H and O–H groups in total. The van der Waals surface area contributed by atoms with Crippen LogP contribution in [-0.4, -0.2) is 45.5 Å². The fourth-order valence-electron chi connectivity index (χ4n) is 1.91. The molecule has 0 saturated carbocycles. The van der Waals surface area contributed by atoms with Crippen molar-refractivity contribution in [2.75, 3.05) is 13.7 Å². The van der Waals surface area contributed by atoms with Gasteiger partial charge in [0.1, 0.15) is 0 Å². The van der Waals surface area contributed by atoms with Crippen LogP contribution in [0.2, 0.25) is 0 Å². The number of likely N-dealkylation sites (N-methyl/N-ethyl adjacent to an activating group) is 1. The van der Waals surface area contributed by atoms with Crippen LogP contribution in [0.1, 0.15) is 12.5 Å². The summed E-state index contributed by atoms with van der Waals surface area (Å²) in [5.41, 5.74) is 1.90. The first-order chi connectivity index (χ1) is 10.1. The van der Waals surface area contributed by atoms with Crippen molar-refractivity contribution < 1.29 is 9.90 Å². The van der Waals surface area contributed by atoms with Crippen LogP contribution in [0.5, 0.6) is 0 Å². The monoisotopic (exact) mass is 288 g/mol. The maximum Gasteiger partial charge on any atom is 0.317 e. The van der Waals surface area contributed by atoms with Crippen LogP contribution in [0.4, 0.5) is 4.79 Å². The van der Waals surface area contributed by atoms with E-state index in [2.05, 4.69) is 10.4 Å². The molecule has 6 heteroatoms. The summed E-state index contributed by atoms with van der Waals surface area (Å²) < 4.78 is 1.77. The molecule has 6 nitrogen and oxygen atoms in total. The van der Waals surface area contributed by atoms with Gasteiger partial charge in [0.25, 0.3) is 0 Å². The molecule has 2 amide bonds. The first kappa shape index (κ1) is 15.1. The van der Waals surface area contributed by atoms with Gasteiger partial charge in [-0.05, 0) is 24.6 Å².